The minimum atomic E-state index is -3.83. The normalized spacial score (nSPS) is 11.3. The minimum Gasteiger partial charge on any atom is -0.497 e. The second-order valence-electron chi connectivity index (χ2n) is 7.72. The molecule has 1 N–H and O–H groups in total. The molecule has 0 spiro atoms. The van der Waals surface area contributed by atoms with Crippen LogP contribution in [0.25, 0.3) is 22.4 Å². The Hall–Kier alpha value is -3.85. The van der Waals surface area contributed by atoms with Crippen molar-refractivity contribution >= 4 is 15.7 Å². The van der Waals surface area contributed by atoms with E-state index >= 15 is 0 Å². The second-order valence-corrected chi connectivity index (χ2v) is 9.40. The highest BCUT2D eigenvalue weighted by Crippen LogP contribution is 2.34. The van der Waals surface area contributed by atoms with Crippen molar-refractivity contribution < 1.29 is 13.2 Å². The van der Waals surface area contributed by atoms with Gasteiger partial charge in [-0.25, -0.2) is 18.4 Å². The Morgan fingerprint density at radius 3 is 2.38 bits per heavy atom. The number of aryl methyl sites for hydroxylation is 3. The molecule has 0 bridgehead atoms. The fourth-order valence-electron chi connectivity index (χ4n) is 3.64. The quantitative estimate of drug-likeness (QED) is 0.417. The molecule has 0 atom stereocenters. The summed E-state index contributed by atoms with van der Waals surface area (Å²) in [5, 5.41) is 0. The van der Waals surface area contributed by atoms with Gasteiger partial charge < -0.3 is 4.74 Å². The first-order valence-electron chi connectivity index (χ1n) is 10.7. The fourth-order valence-corrected chi connectivity index (χ4v) is 4.75. The lowest BCUT2D eigenvalue weighted by Gasteiger charge is -2.16. The highest BCUT2D eigenvalue weighted by molar-refractivity contribution is 7.92. The lowest BCUT2D eigenvalue weighted by Crippen LogP contribution is -2.14. The lowest BCUT2D eigenvalue weighted by molar-refractivity contribution is 0.414. The van der Waals surface area contributed by atoms with Crippen LogP contribution in [-0.4, -0.2) is 35.5 Å². The van der Waals surface area contributed by atoms with Crippen molar-refractivity contribution in [1.82, 2.24) is 19.9 Å². The first kappa shape index (κ1) is 23.3. The van der Waals surface area contributed by atoms with Gasteiger partial charge in [-0.3, -0.25) is 14.7 Å². The van der Waals surface area contributed by atoms with E-state index in [1.165, 1.54) is 19.2 Å². The molecule has 4 aromatic rings. The Morgan fingerprint density at radius 2 is 1.71 bits per heavy atom. The van der Waals surface area contributed by atoms with Crippen LogP contribution in [0.3, 0.4) is 0 Å². The van der Waals surface area contributed by atoms with Crippen LogP contribution in [0.1, 0.15) is 24.0 Å². The highest BCUT2D eigenvalue weighted by Gasteiger charge is 2.19. The van der Waals surface area contributed by atoms with E-state index in [4.69, 9.17) is 4.74 Å². The molecule has 0 aliphatic heterocycles. The Kier molecular flexibility index (Phi) is 6.56. The predicted octanol–water partition coefficient (Wildman–Crippen LogP) is 4.59. The summed E-state index contributed by atoms with van der Waals surface area (Å²) >= 11 is 0. The maximum atomic E-state index is 13.0. The van der Waals surface area contributed by atoms with Gasteiger partial charge in [0.2, 0.25) is 0 Å². The van der Waals surface area contributed by atoms with Gasteiger partial charge in [-0.2, -0.15) is 0 Å². The van der Waals surface area contributed by atoms with Crippen molar-refractivity contribution in [3.8, 4) is 28.1 Å². The molecule has 9 heteroatoms. The number of nitrogens with zero attached hydrogens (tertiary/aromatic N) is 4. The number of anilines is 1. The number of hydrogen-bond acceptors (Lipinski definition) is 7. The van der Waals surface area contributed by atoms with E-state index in [0.29, 0.717) is 23.6 Å². The van der Waals surface area contributed by atoms with Crippen LogP contribution in [0, 0.1) is 13.8 Å². The van der Waals surface area contributed by atoms with Crippen LogP contribution in [0.2, 0.25) is 0 Å². The van der Waals surface area contributed by atoms with Crippen molar-refractivity contribution in [2.24, 2.45) is 0 Å². The van der Waals surface area contributed by atoms with E-state index in [-0.39, 0.29) is 4.90 Å². The third kappa shape index (κ3) is 4.74. The largest absolute Gasteiger partial charge is 0.497 e. The van der Waals surface area contributed by atoms with Crippen LogP contribution in [0.15, 0.2) is 66.1 Å². The second kappa shape index (κ2) is 9.56. The van der Waals surface area contributed by atoms with E-state index in [1.807, 2.05) is 26.0 Å². The zero-order chi connectivity index (χ0) is 24.3. The fraction of sp³-hybridized carbons (Fsp3) is 0.200. The Morgan fingerprint density at radius 1 is 0.941 bits per heavy atom. The summed E-state index contributed by atoms with van der Waals surface area (Å²) in [6.07, 6.45) is 5.68. The minimum absolute atomic E-state index is 0.128. The highest BCUT2D eigenvalue weighted by atomic mass is 32.2. The topological polar surface area (TPSA) is 107 Å². The summed E-state index contributed by atoms with van der Waals surface area (Å²) in [5.74, 6) is 0.578. The van der Waals surface area contributed by atoms with E-state index in [9.17, 15) is 8.42 Å². The van der Waals surface area contributed by atoms with E-state index in [2.05, 4.69) is 24.7 Å². The number of sulfonamides is 1. The summed E-state index contributed by atoms with van der Waals surface area (Å²) < 4.78 is 33.9. The lowest BCUT2D eigenvalue weighted by atomic mass is 9.97. The summed E-state index contributed by atoms with van der Waals surface area (Å²) in [6.45, 7) is 5.69. The van der Waals surface area contributed by atoms with Crippen molar-refractivity contribution in [2.45, 2.75) is 32.1 Å². The molecule has 34 heavy (non-hydrogen) atoms. The number of ether oxygens (including phenoxy) is 1. The average Bonchev–Trinajstić information content (AvgIpc) is 2.85. The zero-order valence-electron chi connectivity index (χ0n) is 19.4. The first-order valence-corrected chi connectivity index (χ1v) is 12.2. The number of hydrogen-bond donors (Lipinski definition) is 1. The molecule has 0 saturated heterocycles. The van der Waals surface area contributed by atoms with Gasteiger partial charge in [0.15, 0.2) is 0 Å². The molecule has 0 saturated carbocycles. The SMILES string of the molecule is CCc1ncnc(-c2ccnc(C)c2)c1-c1cnc(C)c(NS(=O)(=O)c2ccc(OC)cc2)c1. The van der Waals surface area contributed by atoms with Crippen LogP contribution in [0.4, 0.5) is 5.69 Å². The number of benzene rings is 1. The maximum Gasteiger partial charge on any atom is 0.261 e. The molecule has 3 heterocycles. The number of pyridine rings is 2. The number of rotatable bonds is 7. The summed E-state index contributed by atoms with van der Waals surface area (Å²) in [7, 11) is -2.30. The molecule has 0 aliphatic carbocycles. The number of nitrogens with one attached hydrogen (secondary N) is 1. The molecule has 0 amide bonds. The molecule has 0 unspecified atom stereocenters. The zero-order valence-corrected chi connectivity index (χ0v) is 20.2. The van der Waals surface area contributed by atoms with E-state index in [0.717, 1.165) is 33.8 Å². The Bertz CT molecular complexity index is 1440. The molecule has 0 radical (unpaired) electrons. The average molecular weight is 476 g/mol. The molecule has 3 aromatic heterocycles. The molecular weight excluding hydrogens is 450 g/mol. The third-order valence-electron chi connectivity index (χ3n) is 5.42. The molecule has 8 nitrogen and oxygen atoms in total. The summed E-state index contributed by atoms with van der Waals surface area (Å²) in [4.78, 5) is 17.9. The van der Waals surface area contributed by atoms with Gasteiger partial charge in [0.05, 0.1) is 34.8 Å². The molecule has 4 rings (SSSR count). The van der Waals surface area contributed by atoms with Crippen molar-refractivity contribution in [2.75, 3.05) is 11.8 Å². The van der Waals surface area contributed by atoms with E-state index < -0.39 is 10.0 Å². The van der Waals surface area contributed by atoms with Gasteiger partial charge in [0.1, 0.15) is 12.1 Å². The summed E-state index contributed by atoms with van der Waals surface area (Å²) in [6, 6.07) is 11.8. The maximum absolute atomic E-state index is 13.0. The molecular formula is C25H25N5O3S. The van der Waals surface area contributed by atoms with Crippen molar-refractivity contribution in [3.05, 3.63) is 78.3 Å². The van der Waals surface area contributed by atoms with E-state index in [1.54, 1.807) is 43.8 Å². The number of aromatic nitrogens is 4. The van der Waals surface area contributed by atoms with Gasteiger partial charge in [0.25, 0.3) is 10.0 Å². The monoisotopic (exact) mass is 475 g/mol. The molecule has 1 aromatic carbocycles. The van der Waals surface area contributed by atoms with Gasteiger partial charge in [-0.15, -0.1) is 0 Å². The van der Waals surface area contributed by atoms with Gasteiger partial charge >= 0.3 is 0 Å². The summed E-state index contributed by atoms with van der Waals surface area (Å²) in [5.41, 5.74) is 5.83. The van der Waals surface area contributed by atoms with Gasteiger partial charge in [0, 0.05) is 34.8 Å². The Labute approximate surface area is 199 Å². The molecule has 0 aliphatic rings. The van der Waals surface area contributed by atoms with Crippen LogP contribution in [0.5, 0.6) is 5.75 Å². The molecule has 174 valence electrons. The van der Waals surface area contributed by atoms with Crippen LogP contribution >= 0.6 is 0 Å². The van der Waals surface area contributed by atoms with Gasteiger partial charge in [-0.1, -0.05) is 6.92 Å². The van der Waals surface area contributed by atoms with Crippen LogP contribution in [-0.2, 0) is 16.4 Å². The van der Waals surface area contributed by atoms with Crippen LogP contribution < -0.4 is 9.46 Å². The predicted molar refractivity (Wildman–Crippen MR) is 131 cm³/mol. The standard InChI is InChI=1S/C25H25N5O3S/c1-5-22-24(25(29-15-28-22)18-10-11-26-16(2)12-18)19-13-23(17(3)27-14-19)30-34(31,32)21-8-6-20(33-4)7-9-21/h6-15,30H,5H2,1-4H3. The van der Waals surface area contributed by atoms with Crippen molar-refractivity contribution in [3.63, 3.8) is 0 Å². The first-order chi connectivity index (χ1) is 16.3. The third-order valence-corrected chi connectivity index (χ3v) is 6.80. The number of methoxy groups -OCH3 is 1. The smallest absolute Gasteiger partial charge is 0.261 e. The van der Waals surface area contributed by atoms with Gasteiger partial charge in [-0.05, 0) is 62.7 Å². The Balaban J connectivity index is 1.80. The molecule has 0 fully saturated rings. The van der Waals surface area contributed by atoms with Crippen molar-refractivity contribution in [1.29, 1.82) is 0 Å².